The Balaban J connectivity index is 1.35. The van der Waals surface area contributed by atoms with Crippen molar-refractivity contribution in [1.29, 1.82) is 0 Å². The zero-order chi connectivity index (χ0) is 17.6. The maximum Gasteiger partial charge on any atom is 0.232 e. The predicted octanol–water partition coefficient (Wildman–Crippen LogP) is 3.01. The van der Waals surface area contributed by atoms with Crippen LogP contribution in [0.5, 0.6) is 11.5 Å². The van der Waals surface area contributed by atoms with E-state index in [1.54, 1.807) is 12.3 Å². The van der Waals surface area contributed by atoms with Gasteiger partial charge in [0.1, 0.15) is 5.76 Å². The zero-order valence-electron chi connectivity index (χ0n) is 13.9. The number of nitrogens with one attached hydrogen (secondary N) is 1. The van der Waals surface area contributed by atoms with E-state index in [-0.39, 0.29) is 12.7 Å². The first-order chi connectivity index (χ1) is 12.7. The van der Waals surface area contributed by atoms with Gasteiger partial charge in [-0.15, -0.1) is 0 Å². The molecule has 3 aromatic rings. The summed E-state index contributed by atoms with van der Waals surface area (Å²) in [6.45, 7) is 0.583. The molecule has 2 aromatic heterocycles. The highest BCUT2D eigenvalue weighted by Gasteiger charge is 2.53. The van der Waals surface area contributed by atoms with Crippen LogP contribution in [0.2, 0.25) is 0 Å². The maximum absolute atomic E-state index is 12.7. The highest BCUT2D eigenvalue weighted by Crippen LogP contribution is 2.49. The van der Waals surface area contributed by atoms with Crippen molar-refractivity contribution in [3.63, 3.8) is 0 Å². The van der Waals surface area contributed by atoms with Crippen molar-refractivity contribution in [3.8, 4) is 22.8 Å². The number of benzene rings is 1. The van der Waals surface area contributed by atoms with Crippen LogP contribution < -0.4 is 14.8 Å². The van der Waals surface area contributed by atoms with Gasteiger partial charge in [-0.2, -0.15) is 0 Å². The highest BCUT2D eigenvalue weighted by molar-refractivity contribution is 5.91. The van der Waals surface area contributed by atoms with E-state index in [9.17, 15) is 4.79 Å². The van der Waals surface area contributed by atoms with E-state index in [2.05, 4.69) is 10.5 Å². The number of aromatic nitrogens is 1. The normalized spacial score (nSPS) is 16.5. The number of carbonyl (C=O) groups is 1. The topological polar surface area (TPSA) is 86.7 Å². The van der Waals surface area contributed by atoms with Gasteiger partial charge in [0, 0.05) is 11.6 Å². The lowest BCUT2D eigenvalue weighted by atomic mass is 10.00. The van der Waals surface area contributed by atoms with Gasteiger partial charge >= 0.3 is 0 Å². The van der Waals surface area contributed by atoms with Gasteiger partial charge < -0.3 is 23.7 Å². The molecule has 0 bridgehead atoms. The van der Waals surface area contributed by atoms with Crippen LogP contribution in [0.3, 0.4) is 0 Å². The lowest BCUT2D eigenvalue weighted by Crippen LogP contribution is -2.34. The molecule has 7 nitrogen and oxygen atoms in total. The molecule has 0 radical (unpaired) electrons. The summed E-state index contributed by atoms with van der Waals surface area (Å²) in [6, 6.07) is 11.0. The minimum Gasteiger partial charge on any atom is -0.467 e. The van der Waals surface area contributed by atoms with Gasteiger partial charge in [-0.3, -0.25) is 4.79 Å². The Labute approximate surface area is 148 Å². The lowest BCUT2D eigenvalue weighted by molar-refractivity contribution is -0.124. The third-order valence-corrected chi connectivity index (χ3v) is 4.85. The van der Waals surface area contributed by atoms with Crippen molar-refractivity contribution in [3.05, 3.63) is 54.1 Å². The quantitative estimate of drug-likeness (QED) is 0.759. The van der Waals surface area contributed by atoms with E-state index in [4.69, 9.17) is 18.4 Å². The van der Waals surface area contributed by atoms with Crippen LogP contribution in [0, 0.1) is 0 Å². The third-order valence-electron chi connectivity index (χ3n) is 4.85. The van der Waals surface area contributed by atoms with Crippen molar-refractivity contribution in [1.82, 2.24) is 10.5 Å². The number of hydrogen-bond donors (Lipinski definition) is 1. The Morgan fingerprint density at radius 2 is 2.04 bits per heavy atom. The summed E-state index contributed by atoms with van der Waals surface area (Å²) in [5, 5.41) is 7.07. The molecule has 5 rings (SSSR count). The molecule has 1 aliphatic heterocycles. The summed E-state index contributed by atoms with van der Waals surface area (Å²) in [6.07, 6.45) is 3.10. The van der Waals surface area contributed by atoms with Crippen LogP contribution in [0.1, 0.15) is 24.3 Å². The Bertz CT molecular complexity index is 956. The van der Waals surface area contributed by atoms with Crippen LogP contribution in [0.4, 0.5) is 0 Å². The molecule has 1 fully saturated rings. The molecule has 0 spiro atoms. The Morgan fingerprint density at radius 1 is 1.15 bits per heavy atom. The number of hydrogen-bond acceptors (Lipinski definition) is 6. The van der Waals surface area contributed by atoms with Crippen molar-refractivity contribution in [2.75, 3.05) is 6.79 Å². The van der Waals surface area contributed by atoms with Crippen LogP contribution in [-0.4, -0.2) is 17.9 Å². The first kappa shape index (κ1) is 15.1. The number of rotatable bonds is 5. The molecule has 2 aliphatic rings. The Hall–Kier alpha value is -3.22. The predicted molar refractivity (Wildman–Crippen MR) is 89.5 cm³/mol. The Morgan fingerprint density at radius 3 is 2.85 bits per heavy atom. The first-order valence-corrected chi connectivity index (χ1v) is 8.42. The molecule has 0 unspecified atom stereocenters. The van der Waals surface area contributed by atoms with Gasteiger partial charge in [0.2, 0.25) is 12.7 Å². The molecule has 1 saturated carbocycles. The van der Waals surface area contributed by atoms with Crippen molar-refractivity contribution in [2.24, 2.45) is 0 Å². The molecule has 0 atom stereocenters. The minimum absolute atomic E-state index is 0.0561. The summed E-state index contributed by atoms with van der Waals surface area (Å²) < 4.78 is 21.5. The number of nitrogens with zero attached hydrogens (tertiary/aromatic N) is 1. The minimum atomic E-state index is -0.606. The summed E-state index contributed by atoms with van der Waals surface area (Å²) in [7, 11) is 0. The summed E-state index contributed by atoms with van der Waals surface area (Å²) >= 11 is 0. The summed E-state index contributed by atoms with van der Waals surface area (Å²) in [4.78, 5) is 12.7. The van der Waals surface area contributed by atoms with Gasteiger partial charge in [-0.25, -0.2) is 0 Å². The number of ether oxygens (including phenoxy) is 2. The molecule has 1 aromatic carbocycles. The van der Waals surface area contributed by atoms with E-state index in [1.165, 1.54) is 0 Å². The van der Waals surface area contributed by atoms with Crippen molar-refractivity contribution in [2.45, 2.75) is 24.8 Å². The van der Waals surface area contributed by atoms with Gasteiger partial charge in [0.05, 0.1) is 23.9 Å². The number of carbonyl (C=O) groups excluding carboxylic acids is 1. The second-order valence-electron chi connectivity index (χ2n) is 6.49. The van der Waals surface area contributed by atoms with Crippen LogP contribution >= 0.6 is 0 Å². The highest BCUT2D eigenvalue weighted by atomic mass is 16.7. The van der Waals surface area contributed by atoms with Gasteiger partial charge in [-0.05, 0) is 43.2 Å². The molecule has 132 valence electrons. The summed E-state index contributed by atoms with van der Waals surface area (Å²) in [5.74, 6) is 2.65. The van der Waals surface area contributed by atoms with Crippen molar-refractivity contribution >= 4 is 5.91 Å². The smallest absolute Gasteiger partial charge is 0.232 e. The SMILES string of the molecule is O=C(NCc1ccco1)C1(c2cc(-c3ccc4c(c3)OCO4)on2)CC1. The van der Waals surface area contributed by atoms with E-state index in [0.717, 1.165) is 24.2 Å². The zero-order valence-corrected chi connectivity index (χ0v) is 13.9. The van der Waals surface area contributed by atoms with Gasteiger partial charge in [0.25, 0.3) is 0 Å². The fourth-order valence-electron chi connectivity index (χ4n) is 3.16. The fourth-order valence-corrected chi connectivity index (χ4v) is 3.16. The van der Waals surface area contributed by atoms with Crippen LogP contribution in [-0.2, 0) is 16.8 Å². The van der Waals surface area contributed by atoms with Crippen LogP contribution in [0.25, 0.3) is 11.3 Å². The lowest BCUT2D eigenvalue weighted by Gasteiger charge is -2.11. The third kappa shape index (κ3) is 2.44. The van der Waals surface area contributed by atoms with E-state index in [1.807, 2.05) is 30.3 Å². The van der Waals surface area contributed by atoms with Gasteiger partial charge in [0.15, 0.2) is 17.3 Å². The number of fused-ring (bicyclic) bond motifs is 1. The molecular weight excluding hydrogens is 336 g/mol. The fraction of sp³-hybridized carbons (Fsp3) is 0.263. The standard InChI is InChI=1S/C19H16N2O5/c22-18(20-10-13-2-1-7-23-13)19(5-6-19)17-9-15(26-21-17)12-3-4-14-16(8-12)25-11-24-14/h1-4,7-9H,5-6,10-11H2,(H,20,22). The number of furan rings is 1. The van der Waals surface area contributed by atoms with E-state index < -0.39 is 5.41 Å². The van der Waals surface area contributed by atoms with Crippen LogP contribution in [0.15, 0.2) is 51.6 Å². The first-order valence-electron chi connectivity index (χ1n) is 8.42. The molecule has 3 heterocycles. The molecule has 1 N–H and O–H groups in total. The monoisotopic (exact) mass is 352 g/mol. The average Bonchev–Trinajstić information content (AvgIpc) is 3.09. The molecule has 0 saturated heterocycles. The largest absolute Gasteiger partial charge is 0.467 e. The number of amides is 1. The van der Waals surface area contributed by atoms with Crippen molar-refractivity contribution < 1.29 is 23.2 Å². The average molecular weight is 352 g/mol. The Kier molecular flexibility index (Phi) is 3.28. The second kappa shape index (κ2) is 5.66. The van der Waals surface area contributed by atoms with E-state index in [0.29, 0.717) is 29.5 Å². The second-order valence-corrected chi connectivity index (χ2v) is 6.49. The molecule has 1 amide bonds. The van der Waals surface area contributed by atoms with Gasteiger partial charge in [-0.1, -0.05) is 5.16 Å². The molecular formula is C19H16N2O5. The molecule has 1 aliphatic carbocycles. The molecule has 26 heavy (non-hydrogen) atoms. The maximum atomic E-state index is 12.7. The summed E-state index contributed by atoms with van der Waals surface area (Å²) in [5.41, 5.74) is 0.881. The molecule has 7 heteroatoms. The van der Waals surface area contributed by atoms with E-state index >= 15 is 0 Å².